The zero-order chi connectivity index (χ0) is 29.0. The molecule has 0 unspecified atom stereocenters. The van der Waals surface area contributed by atoms with E-state index in [1.54, 1.807) is 24.3 Å². The summed E-state index contributed by atoms with van der Waals surface area (Å²) in [5, 5.41) is 4.98. The van der Waals surface area contributed by atoms with Crippen molar-refractivity contribution in [2.45, 2.75) is 13.8 Å². The summed E-state index contributed by atoms with van der Waals surface area (Å²) in [6.45, 7) is 3.65. The third kappa shape index (κ3) is 6.15. The van der Waals surface area contributed by atoms with Crippen LogP contribution in [0.4, 0.5) is 16.2 Å². The van der Waals surface area contributed by atoms with Crippen LogP contribution in [-0.4, -0.2) is 44.6 Å². The van der Waals surface area contributed by atoms with Crippen LogP contribution in [0.25, 0.3) is 6.08 Å². The Morgan fingerprint density at radius 2 is 1.70 bits per heavy atom. The van der Waals surface area contributed by atoms with Gasteiger partial charge in [0, 0.05) is 5.69 Å². The summed E-state index contributed by atoms with van der Waals surface area (Å²) in [6, 6.07) is 14.1. The lowest BCUT2D eigenvalue weighted by Gasteiger charge is -2.26. The van der Waals surface area contributed by atoms with Crippen LogP contribution < -0.4 is 29.7 Å². The van der Waals surface area contributed by atoms with Gasteiger partial charge in [-0.2, -0.15) is 0 Å². The predicted molar refractivity (Wildman–Crippen MR) is 153 cm³/mol. The van der Waals surface area contributed by atoms with Crippen molar-refractivity contribution in [2.24, 2.45) is 0 Å². The molecule has 1 aliphatic heterocycles. The first-order valence-corrected chi connectivity index (χ1v) is 12.8. The Bertz CT molecular complexity index is 1530. The molecule has 2 N–H and O–H groups in total. The number of amides is 5. The number of ether oxygens (including phenoxy) is 3. The summed E-state index contributed by atoms with van der Waals surface area (Å²) in [5.41, 5.74) is 3.24. The van der Waals surface area contributed by atoms with E-state index in [1.807, 2.05) is 32.0 Å². The summed E-state index contributed by atoms with van der Waals surface area (Å²) >= 11 is 3.41. The van der Waals surface area contributed by atoms with E-state index in [-0.39, 0.29) is 35.3 Å². The van der Waals surface area contributed by atoms with E-state index in [9.17, 15) is 19.2 Å². The molecule has 0 atom stereocenters. The van der Waals surface area contributed by atoms with Crippen molar-refractivity contribution < 1.29 is 33.4 Å². The molecular weight excluding hydrogens is 582 g/mol. The number of urea groups is 1. The quantitative estimate of drug-likeness (QED) is 0.279. The second-order valence-electron chi connectivity index (χ2n) is 8.83. The van der Waals surface area contributed by atoms with Crippen molar-refractivity contribution in [3.8, 4) is 17.2 Å². The second kappa shape index (κ2) is 12.0. The molecule has 0 radical (unpaired) electrons. The van der Waals surface area contributed by atoms with Gasteiger partial charge in [-0.25, -0.2) is 9.69 Å². The highest BCUT2D eigenvalue weighted by Crippen LogP contribution is 2.37. The molecule has 40 heavy (non-hydrogen) atoms. The molecule has 0 aromatic heterocycles. The molecular formula is C29H26BrN3O7. The number of hydrogen-bond donors (Lipinski definition) is 2. The van der Waals surface area contributed by atoms with Gasteiger partial charge in [0.15, 0.2) is 18.1 Å². The molecule has 1 heterocycles. The van der Waals surface area contributed by atoms with E-state index in [1.165, 1.54) is 32.4 Å². The fourth-order valence-corrected chi connectivity index (χ4v) is 4.48. The molecule has 10 nitrogen and oxygen atoms in total. The van der Waals surface area contributed by atoms with Crippen LogP contribution in [0.3, 0.4) is 0 Å². The molecule has 1 fully saturated rings. The van der Waals surface area contributed by atoms with E-state index in [2.05, 4.69) is 26.6 Å². The smallest absolute Gasteiger partial charge is 0.335 e. The van der Waals surface area contributed by atoms with Crippen molar-refractivity contribution in [1.29, 1.82) is 0 Å². The Morgan fingerprint density at radius 1 is 0.975 bits per heavy atom. The fourth-order valence-electron chi connectivity index (χ4n) is 3.91. The summed E-state index contributed by atoms with van der Waals surface area (Å²) in [6.07, 6.45) is 1.34. The number of nitrogens with zero attached hydrogens (tertiary/aromatic N) is 1. The first-order chi connectivity index (χ1) is 19.1. The lowest BCUT2D eigenvalue weighted by Crippen LogP contribution is -2.54. The van der Waals surface area contributed by atoms with Crippen molar-refractivity contribution in [2.75, 3.05) is 31.0 Å². The number of carbonyl (C=O) groups excluding carboxylic acids is 4. The van der Waals surface area contributed by atoms with E-state index in [4.69, 9.17) is 14.2 Å². The summed E-state index contributed by atoms with van der Waals surface area (Å²) in [5.74, 6) is -0.935. The molecule has 5 amide bonds. The number of hydrogen-bond acceptors (Lipinski definition) is 7. The molecule has 206 valence electrons. The van der Waals surface area contributed by atoms with Gasteiger partial charge in [0.1, 0.15) is 11.3 Å². The zero-order valence-corrected chi connectivity index (χ0v) is 23.7. The number of anilines is 2. The van der Waals surface area contributed by atoms with Crippen LogP contribution in [0, 0.1) is 13.8 Å². The maximum absolute atomic E-state index is 13.2. The average molecular weight is 608 g/mol. The molecule has 0 saturated carbocycles. The van der Waals surface area contributed by atoms with Gasteiger partial charge >= 0.3 is 6.03 Å². The number of nitrogens with one attached hydrogen (secondary N) is 2. The minimum Gasteiger partial charge on any atom is -0.497 e. The van der Waals surface area contributed by atoms with Crippen LogP contribution in [0.15, 0.2) is 64.6 Å². The SMILES string of the molecule is COc1ccc(N2C(=O)NC(=O)/C(=C\c3cc(Br)c(OCC(=O)Nc4ccc(C)c(C)c4)c(OC)c3)C2=O)cc1. The standard InChI is InChI=1S/C29H26BrN3O7/c1-16-5-6-19(11-17(16)2)31-25(34)15-40-26-23(30)13-18(14-24(26)39-4)12-22-27(35)32-29(37)33(28(22)36)20-7-9-21(38-3)10-8-20/h5-14H,15H2,1-4H3,(H,31,34)(H,32,35,37)/b22-12+. The third-order valence-corrected chi connectivity index (χ3v) is 6.72. The van der Waals surface area contributed by atoms with Gasteiger partial charge < -0.3 is 19.5 Å². The summed E-state index contributed by atoms with van der Waals surface area (Å²) in [7, 11) is 2.92. The van der Waals surface area contributed by atoms with Crippen molar-refractivity contribution in [1.82, 2.24) is 5.32 Å². The van der Waals surface area contributed by atoms with Gasteiger partial charge in [-0.05, 0) is 101 Å². The minimum absolute atomic E-state index is 0.256. The first-order valence-electron chi connectivity index (χ1n) is 12.0. The molecule has 3 aromatic carbocycles. The van der Waals surface area contributed by atoms with Crippen molar-refractivity contribution in [3.63, 3.8) is 0 Å². The Balaban J connectivity index is 1.54. The van der Waals surface area contributed by atoms with E-state index in [0.29, 0.717) is 21.5 Å². The second-order valence-corrected chi connectivity index (χ2v) is 9.68. The molecule has 1 aliphatic rings. The largest absolute Gasteiger partial charge is 0.497 e. The van der Waals surface area contributed by atoms with Gasteiger partial charge in [0.05, 0.1) is 24.4 Å². The zero-order valence-electron chi connectivity index (χ0n) is 22.2. The lowest BCUT2D eigenvalue weighted by molar-refractivity contribution is -0.122. The normalized spacial score (nSPS) is 14.2. The molecule has 0 aliphatic carbocycles. The Morgan fingerprint density at radius 3 is 2.35 bits per heavy atom. The molecule has 0 spiro atoms. The average Bonchev–Trinajstić information content (AvgIpc) is 2.92. The number of methoxy groups -OCH3 is 2. The first kappa shape index (κ1) is 28.4. The maximum atomic E-state index is 13.2. The molecule has 0 bridgehead atoms. The topological polar surface area (TPSA) is 123 Å². The minimum atomic E-state index is -0.862. The van der Waals surface area contributed by atoms with E-state index < -0.39 is 17.8 Å². The van der Waals surface area contributed by atoms with Crippen LogP contribution in [-0.2, 0) is 14.4 Å². The van der Waals surface area contributed by atoms with Crippen LogP contribution >= 0.6 is 15.9 Å². The maximum Gasteiger partial charge on any atom is 0.335 e. The third-order valence-electron chi connectivity index (χ3n) is 6.13. The number of rotatable bonds is 8. The molecule has 1 saturated heterocycles. The number of imide groups is 2. The predicted octanol–water partition coefficient (Wildman–Crippen LogP) is 4.77. The number of benzene rings is 3. The van der Waals surface area contributed by atoms with E-state index in [0.717, 1.165) is 16.0 Å². The Kier molecular flexibility index (Phi) is 8.54. The highest BCUT2D eigenvalue weighted by molar-refractivity contribution is 9.10. The van der Waals surface area contributed by atoms with Crippen LogP contribution in [0.1, 0.15) is 16.7 Å². The monoisotopic (exact) mass is 607 g/mol. The van der Waals surface area contributed by atoms with Gasteiger partial charge in [-0.15, -0.1) is 0 Å². The van der Waals surface area contributed by atoms with Crippen molar-refractivity contribution >= 4 is 57.1 Å². The highest BCUT2D eigenvalue weighted by atomic mass is 79.9. The number of aryl methyl sites for hydroxylation is 2. The fraction of sp³-hybridized carbons (Fsp3) is 0.172. The highest BCUT2D eigenvalue weighted by Gasteiger charge is 2.37. The van der Waals surface area contributed by atoms with Crippen LogP contribution in [0.2, 0.25) is 0 Å². The number of halogens is 1. The number of carbonyl (C=O) groups is 4. The molecule has 4 rings (SSSR count). The van der Waals surface area contributed by atoms with Crippen LogP contribution in [0.5, 0.6) is 17.2 Å². The Labute approximate surface area is 239 Å². The van der Waals surface area contributed by atoms with Crippen molar-refractivity contribution in [3.05, 3.63) is 81.3 Å². The Hall–Kier alpha value is -4.64. The number of barbiturate groups is 1. The summed E-state index contributed by atoms with van der Waals surface area (Å²) in [4.78, 5) is 51.6. The van der Waals surface area contributed by atoms with Gasteiger partial charge in [0.2, 0.25) is 0 Å². The lowest BCUT2D eigenvalue weighted by atomic mass is 10.1. The van der Waals surface area contributed by atoms with Gasteiger partial charge in [-0.1, -0.05) is 6.07 Å². The van der Waals surface area contributed by atoms with Gasteiger partial charge in [0.25, 0.3) is 17.7 Å². The summed E-state index contributed by atoms with van der Waals surface area (Å²) < 4.78 is 16.7. The van der Waals surface area contributed by atoms with Gasteiger partial charge in [-0.3, -0.25) is 19.7 Å². The van der Waals surface area contributed by atoms with E-state index >= 15 is 0 Å². The molecule has 3 aromatic rings. The molecule has 11 heteroatoms.